The third kappa shape index (κ3) is 6.53. The fraction of sp³-hybridized carbons (Fsp3) is 0.714. The van der Waals surface area contributed by atoms with E-state index in [1.807, 2.05) is 0 Å². The quantitative estimate of drug-likeness (QED) is 0.409. The van der Waals surface area contributed by atoms with E-state index in [0.717, 1.165) is 0 Å². The highest BCUT2D eigenvalue weighted by molar-refractivity contribution is 7.85. The van der Waals surface area contributed by atoms with E-state index in [4.69, 9.17) is 4.55 Å². The molecule has 0 aromatic carbocycles. The van der Waals surface area contributed by atoms with Gasteiger partial charge in [0.05, 0.1) is 5.75 Å². The van der Waals surface area contributed by atoms with Crippen LogP contribution < -0.4 is 0 Å². The summed E-state index contributed by atoms with van der Waals surface area (Å²) < 4.78 is 29.1. The molecule has 0 heterocycles. The molecule has 0 bridgehead atoms. The Morgan fingerprint density at radius 3 is 2.50 bits per heavy atom. The highest BCUT2D eigenvalue weighted by atomic mass is 32.2. The third-order valence-electron chi connectivity index (χ3n) is 1.29. The van der Waals surface area contributed by atoms with Crippen LogP contribution in [-0.2, 0) is 10.1 Å². The molecule has 0 aliphatic rings. The lowest BCUT2D eigenvalue weighted by molar-refractivity contribution is 0.478. The lowest BCUT2D eigenvalue weighted by Gasteiger charge is -2.04. The summed E-state index contributed by atoms with van der Waals surface area (Å²) in [5.41, 5.74) is 0. The van der Waals surface area contributed by atoms with Crippen molar-refractivity contribution in [3.8, 4) is 11.8 Å². The predicted molar refractivity (Wildman–Crippen MR) is 51.8 cm³/mol. The zero-order valence-corrected chi connectivity index (χ0v) is 8.53. The molecule has 0 rings (SSSR count). The summed E-state index contributed by atoms with van der Waals surface area (Å²) >= 11 is 4.00. The Kier molecular flexibility index (Phi) is 5.38. The number of thiol groups is 1. The summed E-state index contributed by atoms with van der Waals surface area (Å²) in [4.78, 5) is 0. The number of rotatable bonds is 4. The van der Waals surface area contributed by atoms with Crippen LogP contribution in [0.1, 0.15) is 13.3 Å². The van der Waals surface area contributed by atoms with Gasteiger partial charge in [-0.1, -0.05) is 5.92 Å². The van der Waals surface area contributed by atoms with E-state index in [-0.39, 0.29) is 11.7 Å². The Labute approximate surface area is 78.7 Å². The van der Waals surface area contributed by atoms with Gasteiger partial charge in [0.25, 0.3) is 10.1 Å². The highest BCUT2D eigenvalue weighted by Gasteiger charge is 2.09. The van der Waals surface area contributed by atoms with Gasteiger partial charge in [-0.05, 0) is 13.3 Å². The molecule has 1 N–H and O–H groups in total. The van der Waals surface area contributed by atoms with Crippen LogP contribution in [0, 0.1) is 17.8 Å². The average molecular weight is 208 g/mol. The van der Waals surface area contributed by atoms with Crippen LogP contribution in [0.15, 0.2) is 0 Å². The summed E-state index contributed by atoms with van der Waals surface area (Å²) in [6, 6.07) is 0. The number of hydrogen-bond acceptors (Lipinski definition) is 3. The molecule has 0 amide bonds. The van der Waals surface area contributed by atoms with E-state index in [9.17, 15) is 8.42 Å². The smallest absolute Gasteiger partial charge is 0.264 e. The second kappa shape index (κ2) is 5.46. The molecular weight excluding hydrogens is 196 g/mol. The highest BCUT2D eigenvalue weighted by Crippen LogP contribution is 2.05. The van der Waals surface area contributed by atoms with E-state index in [2.05, 4.69) is 24.5 Å². The van der Waals surface area contributed by atoms with E-state index in [1.165, 1.54) is 0 Å². The van der Waals surface area contributed by atoms with Crippen molar-refractivity contribution < 1.29 is 13.0 Å². The van der Waals surface area contributed by atoms with Gasteiger partial charge in [-0.15, -0.1) is 5.92 Å². The maximum absolute atomic E-state index is 10.3. The zero-order chi connectivity index (χ0) is 9.61. The van der Waals surface area contributed by atoms with Crippen LogP contribution in [0.4, 0.5) is 0 Å². The monoisotopic (exact) mass is 208 g/mol. The third-order valence-corrected chi connectivity index (χ3v) is 2.49. The first-order valence-electron chi connectivity index (χ1n) is 3.48. The molecule has 0 aliphatic carbocycles. The molecule has 12 heavy (non-hydrogen) atoms. The lowest BCUT2D eigenvalue weighted by atomic mass is 10.1. The summed E-state index contributed by atoms with van der Waals surface area (Å²) in [7, 11) is -3.85. The summed E-state index contributed by atoms with van der Waals surface area (Å²) in [5, 5.41) is 0. The van der Waals surface area contributed by atoms with Crippen molar-refractivity contribution in [2.75, 3.05) is 11.5 Å². The zero-order valence-electron chi connectivity index (χ0n) is 6.82. The summed E-state index contributed by atoms with van der Waals surface area (Å²) in [6.07, 6.45) is 0.336. The fourth-order valence-corrected chi connectivity index (χ4v) is 1.56. The van der Waals surface area contributed by atoms with Crippen molar-refractivity contribution in [3.63, 3.8) is 0 Å². The SMILES string of the molecule is CC#CC(CS)CCS(=O)(=O)O. The molecule has 0 saturated carbocycles. The second-order valence-electron chi connectivity index (χ2n) is 2.35. The van der Waals surface area contributed by atoms with Crippen molar-refractivity contribution in [2.45, 2.75) is 13.3 Å². The molecule has 0 aromatic heterocycles. The minimum atomic E-state index is -3.85. The van der Waals surface area contributed by atoms with Gasteiger partial charge in [-0.2, -0.15) is 21.0 Å². The van der Waals surface area contributed by atoms with Crippen molar-refractivity contribution in [1.82, 2.24) is 0 Å². The largest absolute Gasteiger partial charge is 0.286 e. The Hall–Kier alpha value is -0.180. The van der Waals surface area contributed by atoms with Crippen LogP contribution in [0.5, 0.6) is 0 Å². The second-order valence-corrected chi connectivity index (χ2v) is 4.29. The van der Waals surface area contributed by atoms with Crippen LogP contribution in [-0.4, -0.2) is 24.5 Å². The number of hydrogen-bond donors (Lipinski definition) is 2. The lowest BCUT2D eigenvalue weighted by Crippen LogP contribution is -2.10. The van der Waals surface area contributed by atoms with E-state index >= 15 is 0 Å². The van der Waals surface area contributed by atoms with Gasteiger partial charge in [0.15, 0.2) is 0 Å². The standard InChI is InChI=1S/C7H12O3S2/c1-2-3-7(6-11)4-5-12(8,9)10/h7,11H,4-6H2,1H3,(H,8,9,10). The van der Waals surface area contributed by atoms with Gasteiger partial charge in [0, 0.05) is 11.7 Å². The Balaban J connectivity index is 3.95. The van der Waals surface area contributed by atoms with Crippen LogP contribution in [0.3, 0.4) is 0 Å². The molecule has 1 unspecified atom stereocenters. The predicted octanol–water partition coefficient (Wildman–Crippen LogP) is 0.834. The molecule has 1 atom stereocenters. The summed E-state index contributed by atoms with van der Waals surface area (Å²) in [6.45, 7) is 1.68. The molecule has 0 aromatic rings. The molecule has 0 radical (unpaired) electrons. The van der Waals surface area contributed by atoms with E-state index < -0.39 is 10.1 Å². The van der Waals surface area contributed by atoms with Crippen molar-refractivity contribution in [2.24, 2.45) is 5.92 Å². The maximum atomic E-state index is 10.3. The average Bonchev–Trinajstić information content (AvgIpc) is 1.96. The molecule has 0 saturated heterocycles. The van der Waals surface area contributed by atoms with Crippen molar-refractivity contribution in [3.05, 3.63) is 0 Å². The van der Waals surface area contributed by atoms with Gasteiger partial charge in [0.2, 0.25) is 0 Å². The Morgan fingerprint density at radius 2 is 2.17 bits per heavy atom. The molecule has 70 valence electrons. The van der Waals surface area contributed by atoms with Crippen molar-refractivity contribution >= 4 is 22.7 Å². The van der Waals surface area contributed by atoms with Gasteiger partial charge >= 0.3 is 0 Å². The first-order chi connectivity index (χ1) is 5.49. The Morgan fingerprint density at radius 1 is 1.58 bits per heavy atom. The normalized spacial score (nSPS) is 13.2. The fourth-order valence-electron chi connectivity index (χ4n) is 0.704. The summed E-state index contributed by atoms with van der Waals surface area (Å²) in [5.74, 6) is 5.69. The van der Waals surface area contributed by atoms with Crippen molar-refractivity contribution in [1.29, 1.82) is 0 Å². The minimum Gasteiger partial charge on any atom is -0.286 e. The topological polar surface area (TPSA) is 54.4 Å². The molecule has 0 spiro atoms. The van der Waals surface area contributed by atoms with Crippen LogP contribution >= 0.6 is 12.6 Å². The Bertz CT molecular complexity index is 271. The molecule has 0 aliphatic heterocycles. The molecule has 0 fully saturated rings. The van der Waals surface area contributed by atoms with Gasteiger partial charge < -0.3 is 0 Å². The minimum absolute atomic E-state index is 0.0553. The van der Waals surface area contributed by atoms with E-state index in [0.29, 0.717) is 12.2 Å². The first kappa shape index (κ1) is 11.8. The first-order valence-corrected chi connectivity index (χ1v) is 5.72. The van der Waals surface area contributed by atoms with Gasteiger partial charge in [-0.25, -0.2) is 0 Å². The van der Waals surface area contributed by atoms with Crippen LogP contribution in [0.25, 0.3) is 0 Å². The van der Waals surface area contributed by atoms with Crippen LogP contribution in [0.2, 0.25) is 0 Å². The molecule has 3 nitrogen and oxygen atoms in total. The molecular formula is C7H12O3S2. The molecule has 5 heteroatoms. The maximum Gasteiger partial charge on any atom is 0.264 e. The van der Waals surface area contributed by atoms with E-state index in [1.54, 1.807) is 6.92 Å². The van der Waals surface area contributed by atoms with Gasteiger partial charge in [0.1, 0.15) is 0 Å². The van der Waals surface area contributed by atoms with Gasteiger partial charge in [-0.3, -0.25) is 4.55 Å².